The third-order valence-electron chi connectivity index (χ3n) is 4.64. The average Bonchev–Trinajstić information content (AvgIpc) is 3.01. The number of ether oxygens (including phenoxy) is 2. The van der Waals surface area contributed by atoms with Gasteiger partial charge in [0.15, 0.2) is 5.79 Å². The van der Waals surface area contributed by atoms with Crippen molar-refractivity contribution in [1.82, 2.24) is 10.2 Å². The molecule has 3 rings (SSSR count). The van der Waals surface area contributed by atoms with E-state index < -0.39 is 5.79 Å². The molecule has 2 heterocycles. The van der Waals surface area contributed by atoms with E-state index in [1.165, 1.54) is 0 Å². The zero-order valence-corrected chi connectivity index (χ0v) is 14.1. The molecule has 2 aliphatic rings. The molecule has 0 aliphatic carbocycles. The van der Waals surface area contributed by atoms with E-state index in [2.05, 4.69) is 5.32 Å². The van der Waals surface area contributed by atoms with Crippen LogP contribution in [0.1, 0.15) is 25.3 Å². The number of carbonyl (C=O) groups excluding carboxylic acids is 1. The lowest BCUT2D eigenvalue weighted by molar-refractivity contribution is -0.189. The second kappa shape index (κ2) is 7.07. The first-order valence-electron chi connectivity index (χ1n) is 8.12. The summed E-state index contributed by atoms with van der Waals surface area (Å²) in [5.41, 5.74) is 0.994. The van der Waals surface area contributed by atoms with Crippen LogP contribution in [0, 0.1) is 5.92 Å². The first kappa shape index (κ1) is 16.6. The second-order valence-electron chi connectivity index (χ2n) is 6.29. The molecule has 0 saturated carbocycles. The molecule has 1 N–H and O–H groups in total. The number of nitrogens with one attached hydrogen (secondary N) is 1. The van der Waals surface area contributed by atoms with Crippen LogP contribution in [-0.2, 0) is 16.0 Å². The quantitative estimate of drug-likeness (QED) is 0.921. The van der Waals surface area contributed by atoms with Crippen LogP contribution in [-0.4, -0.2) is 43.0 Å². The molecule has 2 amide bonds. The Bertz CT molecular complexity index is 561. The predicted molar refractivity (Wildman–Crippen MR) is 88.3 cm³/mol. The van der Waals surface area contributed by atoms with Gasteiger partial charge in [0.05, 0.1) is 13.2 Å². The van der Waals surface area contributed by atoms with E-state index in [1.807, 2.05) is 36.1 Å². The molecule has 2 saturated heterocycles. The van der Waals surface area contributed by atoms with Crippen molar-refractivity contribution in [2.24, 2.45) is 5.92 Å². The fourth-order valence-corrected chi connectivity index (χ4v) is 3.50. The van der Waals surface area contributed by atoms with Gasteiger partial charge in [0.1, 0.15) is 0 Å². The summed E-state index contributed by atoms with van der Waals surface area (Å²) in [4.78, 5) is 14.3. The summed E-state index contributed by atoms with van der Waals surface area (Å²) < 4.78 is 11.5. The fraction of sp³-hybridized carbons (Fsp3) is 0.588. The Labute approximate surface area is 141 Å². The molecule has 0 spiro atoms. The number of hydrogen-bond acceptors (Lipinski definition) is 3. The molecular formula is C17H23ClN2O3. The Morgan fingerprint density at radius 2 is 2.22 bits per heavy atom. The van der Waals surface area contributed by atoms with E-state index in [0.717, 1.165) is 24.9 Å². The van der Waals surface area contributed by atoms with Gasteiger partial charge in [-0.15, -0.1) is 0 Å². The first-order chi connectivity index (χ1) is 11.1. The molecule has 0 bridgehead atoms. The molecule has 1 aromatic rings. The molecule has 23 heavy (non-hydrogen) atoms. The maximum atomic E-state index is 12.4. The number of carbonyl (C=O) groups is 1. The molecule has 0 aromatic heterocycles. The number of amides is 2. The number of urea groups is 1. The van der Waals surface area contributed by atoms with E-state index in [4.69, 9.17) is 21.1 Å². The highest BCUT2D eigenvalue weighted by Gasteiger charge is 2.42. The molecule has 6 heteroatoms. The monoisotopic (exact) mass is 338 g/mol. The van der Waals surface area contributed by atoms with Gasteiger partial charge in [-0.1, -0.05) is 23.7 Å². The summed E-state index contributed by atoms with van der Waals surface area (Å²) in [5, 5.41) is 3.65. The lowest BCUT2D eigenvalue weighted by atomic mass is 9.90. The molecular weight excluding hydrogens is 316 g/mol. The number of rotatable bonds is 3. The largest absolute Gasteiger partial charge is 0.347 e. The van der Waals surface area contributed by atoms with Crippen molar-refractivity contribution in [3.8, 4) is 0 Å². The van der Waals surface area contributed by atoms with Crippen molar-refractivity contribution in [3.63, 3.8) is 0 Å². The minimum absolute atomic E-state index is 0.0451. The van der Waals surface area contributed by atoms with E-state index >= 15 is 0 Å². The van der Waals surface area contributed by atoms with Crippen LogP contribution >= 0.6 is 11.6 Å². The average molecular weight is 339 g/mol. The zero-order valence-electron chi connectivity index (χ0n) is 13.4. The van der Waals surface area contributed by atoms with Crippen LogP contribution < -0.4 is 5.32 Å². The molecule has 0 radical (unpaired) electrons. The molecule has 5 nitrogen and oxygen atoms in total. The highest BCUT2D eigenvalue weighted by Crippen LogP contribution is 2.34. The number of hydrogen-bond donors (Lipinski definition) is 1. The first-order valence-corrected chi connectivity index (χ1v) is 8.50. The van der Waals surface area contributed by atoms with Gasteiger partial charge in [-0.2, -0.15) is 0 Å². The molecule has 1 atom stereocenters. The van der Waals surface area contributed by atoms with Gasteiger partial charge in [-0.05, 0) is 37.5 Å². The standard InChI is InChI=1S/C17H23ClN2O3/c1-17(22-8-9-23-17)14-5-3-7-20(12-14)16(21)19-11-13-4-2-6-15(18)10-13/h2,4,6,10,14H,3,5,7-9,11-12H2,1H3,(H,19,21). The maximum Gasteiger partial charge on any atom is 0.317 e. The van der Waals surface area contributed by atoms with Crippen molar-refractivity contribution < 1.29 is 14.3 Å². The van der Waals surface area contributed by atoms with Crippen LogP contribution in [0.2, 0.25) is 5.02 Å². The van der Waals surface area contributed by atoms with E-state index in [9.17, 15) is 4.79 Å². The smallest absolute Gasteiger partial charge is 0.317 e. The summed E-state index contributed by atoms with van der Waals surface area (Å²) in [6.45, 7) is 5.16. The summed E-state index contributed by atoms with van der Waals surface area (Å²) in [6, 6.07) is 7.48. The Hall–Kier alpha value is -1.30. The Balaban J connectivity index is 1.54. The molecule has 2 aliphatic heterocycles. The van der Waals surface area contributed by atoms with Crippen molar-refractivity contribution >= 4 is 17.6 Å². The zero-order chi connectivity index (χ0) is 16.3. The van der Waals surface area contributed by atoms with Gasteiger partial charge in [-0.3, -0.25) is 0 Å². The molecule has 2 fully saturated rings. The summed E-state index contributed by atoms with van der Waals surface area (Å²) in [7, 11) is 0. The third kappa shape index (κ3) is 3.97. The van der Waals surface area contributed by atoms with Crippen LogP contribution in [0.5, 0.6) is 0 Å². The SMILES string of the molecule is CC1(C2CCCN(C(=O)NCc3cccc(Cl)c3)C2)OCCO1. The van der Waals surface area contributed by atoms with Crippen molar-refractivity contribution in [1.29, 1.82) is 0 Å². The molecule has 126 valence electrons. The highest BCUT2D eigenvalue weighted by atomic mass is 35.5. The molecule has 1 unspecified atom stereocenters. The topological polar surface area (TPSA) is 50.8 Å². The maximum absolute atomic E-state index is 12.4. The van der Waals surface area contributed by atoms with Crippen molar-refractivity contribution in [2.75, 3.05) is 26.3 Å². The lowest BCUT2D eigenvalue weighted by Crippen LogP contribution is -2.51. The van der Waals surface area contributed by atoms with Gasteiger partial charge in [0, 0.05) is 30.6 Å². The van der Waals surface area contributed by atoms with Crippen LogP contribution in [0.15, 0.2) is 24.3 Å². The predicted octanol–water partition coefficient (Wildman–Crippen LogP) is 3.02. The normalized spacial score (nSPS) is 23.7. The van der Waals surface area contributed by atoms with Gasteiger partial charge < -0.3 is 19.7 Å². The lowest BCUT2D eigenvalue weighted by Gasteiger charge is -2.39. The second-order valence-corrected chi connectivity index (χ2v) is 6.72. The van der Waals surface area contributed by atoms with E-state index in [-0.39, 0.29) is 11.9 Å². The number of nitrogens with zero attached hydrogens (tertiary/aromatic N) is 1. The van der Waals surface area contributed by atoms with Crippen LogP contribution in [0.25, 0.3) is 0 Å². The summed E-state index contributed by atoms with van der Waals surface area (Å²) in [6.07, 6.45) is 1.99. The fourth-order valence-electron chi connectivity index (χ4n) is 3.29. The Kier molecular flexibility index (Phi) is 5.09. The highest BCUT2D eigenvalue weighted by molar-refractivity contribution is 6.30. The Morgan fingerprint density at radius 1 is 1.43 bits per heavy atom. The van der Waals surface area contributed by atoms with Gasteiger partial charge >= 0.3 is 6.03 Å². The van der Waals surface area contributed by atoms with Crippen LogP contribution in [0.4, 0.5) is 4.79 Å². The number of benzene rings is 1. The summed E-state index contributed by atoms with van der Waals surface area (Å²) in [5.74, 6) is -0.331. The van der Waals surface area contributed by atoms with Gasteiger partial charge in [0.2, 0.25) is 0 Å². The minimum Gasteiger partial charge on any atom is -0.347 e. The van der Waals surface area contributed by atoms with Gasteiger partial charge in [0.25, 0.3) is 0 Å². The minimum atomic E-state index is -0.550. The number of piperidine rings is 1. The van der Waals surface area contributed by atoms with Gasteiger partial charge in [-0.25, -0.2) is 4.79 Å². The third-order valence-corrected chi connectivity index (χ3v) is 4.88. The molecule has 1 aromatic carbocycles. The summed E-state index contributed by atoms with van der Waals surface area (Å²) >= 11 is 5.97. The van der Waals surface area contributed by atoms with Crippen LogP contribution in [0.3, 0.4) is 0 Å². The van der Waals surface area contributed by atoms with E-state index in [1.54, 1.807) is 0 Å². The van der Waals surface area contributed by atoms with Crippen molar-refractivity contribution in [2.45, 2.75) is 32.1 Å². The Morgan fingerprint density at radius 3 is 2.96 bits per heavy atom. The van der Waals surface area contributed by atoms with Crippen molar-refractivity contribution in [3.05, 3.63) is 34.9 Å². The number of likely N-dealkylation sites (tertiary alicyclic amines) is 1. The van der Waals surface area contributed by atoms with E-state index in [0.29, 0.717) is 31.3 Å². The number of halogens is 1.